The summed E-state index contributed by atoms with van der Waals surface area (Å²) < 4.78 is 0. The maximum Gasteiger partial charge on any atom is 0.0900 e. The highest BCUT2D eigenvalue weighted by Gasteiger charge is 2.19. The Bertz CT molecular complexity index is 551. The topological polar surface area (TPSA) is 24.9 Å². The van der Waals surface area contributed by atoms with Crippen LogP contribution in [0, 0.1) is 13.8 Å². The van der Waals surface area contributed by atoms with Gasteiger partial charge < -0.3 is 5.32 Å². The molecule has 2 rings (SSSR count). The van der Waals surface area contributed by atoms with E-state index in [-0.39, 0.29) is 6.04 Å². The van der Waals surface area contributed by atoms with Gasteiger partial charge in [0.1, 0.15) is 0 Å². The number of nitrogens with one attached hydrogen (secondary N) is 1. The van der Waals surface area contributed by atoms with E-state index in [1.165, 1.54) is 10.4 Å². The van der Waals surface area contributed by atoms with Gasteiger partial charge in [-0.3, -0.25) is 0 Å². The summed E-state index contributed by atoms with van der Waals surface area (Å²) in [6.07, 6.45) is 1.11. The third-order valence-electron chi connectivity index (χ3n) is 2.98. The average Bonchev–Trinajstić information content (AvgIpc) is 2.69. The number of benzene rings is 1. The Morgan fingerprint density at radius 1 is 1.37 bits per heavy atom. The van der Waals surface area contributed by atoms with Gasteiger partial charge in [-0.1, -0.05) is 30.7 Å². The molecule has 1 atom stereocenters. The maximum atomic E-state index is 6.12. The van der Waals surface area contributed by atoms with Crippen LogP contribution in [0.15, 0.2) is 24.3 Å². The summed E-state index contributed by atoms with van der Waals surface area (Å²) >= 11 is 7.87. The van der Waals surface area contributed by atoms with Gasteiger partial charge in [-0.25, -0.2) is 4.98 Å². The third kappa shape index (κ3) is 3.56. The molecule has 0 aliphatic heterocycles. The molecule has 0 spiro atoms. The van der Waals surface area contributed by atoms with Crippen LogP contribution in [-0.4, -0.2) is 11.5 Å². The number of aryl methyl sites for hydroxylation is 2. The molecule has 1 aromatic heterocycles. The van der Waals surface area contributed by atoms with Gasteiger partial charge in [0.15, 0.2) is 0 Å². The molecule has 0 amide bonds. The van der Waals surface area contributed by atoms with Crippen LogP contribution >= 0.6 is 22.9 Å². The Balaban J connectivity index is 2.38. The van der Waals surface area contributed by atoms with E-state index < -0.39 is 0 Å². The number of aromatic nitrogens is 1. The molecule has 1 N–H and O–H groups in total. The fraction of sp³-hybridized carbons (Fsp3) is 0.400. The molecule has 0 aliphatic rings. The molecule has 0 radical (unpaired) electrons. The van der Waals surface area contributed by atoms with Gasteiger partial charge in [-0.05, 0) is 44.5 Å². The van der Waals surface area contributed by atoms with Crippen molar-refractivity contribution in [1.29, 1.82) is 0 Å². The van der Waals surface area contributed by atoms with Gasteiger partial charge in [0.05, 0.1) is 16.7 Å². The number of hydrogen-bond donors (Lipinski definition) is 1. The van der Waals surface area contributed by atoms with Crippen molar-refractivity contribution in [1.82, 2.24) is 10.3 Å². The van der Waals surface area contributed by atoms with Crippen LogP contribution in [0.4, 0.5) is 0 Å². The highest BCUT2D eigenvalue weighted by Crippen LogP contribution is 2.31. The summed E-state index contributed by atoms with van der Waals surface area (Å²) in [5.74, 6) is 0. The lowest BCUT2D eigenvalue weighted by molar-refractivity contribution is 0.603. The normalized spacial score (nSPS) is 12.6. The minimum atomic E-state index is 0.185. The van der Waals surface area contributed by atoms with E-state index in [4.69, 9.17) is 11.6 Å². The Kier molecular flexibility index (Phi) is 4.97. The zero-order valence-electron chi connectivity index (χ0n) is 11.5. The third-order valence-corrected chi connectivity index (χ3v) is 4.35. The van der Waals surface area contributed by atoms with Crippen molar-refractivity contribution in [3.63, 3.8) is 0 Å². The van der Waals surface area contributed by atoms with E-state index >= 15 is 0 Å². The molecular formula is C15H19ClN2S. The molecule has 0 aliphatic carbocycles. The van der Waals surface area contributed by atoms with Crippen LogP contribution in [0.5, 0.6) is 0 Å². The number of hydrogen-bond acceptors (Lipinski definition) is 3. The van der Waals surface area contributed by atoms with Crippen LogP contribution in [0.25, 0.3) is 0 Å². The highest BCUT2D eigenvalue weighted by molar-refractivity contribution is 7.11. The lowest BCUT2D eigenvalue weighted by Gasteiger charge is -2.18. The van der Waals surface area contributed by atoms with Gasteiger partial charge in [0, 0.05) is 9.90 Å². The van der Waals surface area contributed by atoms with Crippen LogP contribution < -0.4 is 5.32 Å². The Hall–Kier alpha value is -0.900. The first kappa shape index (κ1) is 14.5. The Morgan fingerprint density at radius 3 is 2.74 bits per heavy atom. The molecule has 19 heavy (non-hydrogen) atoms. The summed E-state index contributed by atoms with van der Waals surface area (Å²) in [6.45, 7) is 7.28. The van der Waals surface area contributed by atoms with Crippen molar-refractivity contribution in [2.24, 2.45) is 0 Å². The van der Waals surface area contributed by atoms with Crippen molar-refractivity contribution >= 4 is 22.9 Å². The highest BCUT2D eigenvalue weighted by atomic mass is 35.5. The zero-order chi connectivity index (χ0) is 13.8. The molecule has 2 aromatic rings. The van der Waals surface area contributed by atoms with Gasteiger partial charge >= 0.3 is 0 Å². The maximum absolute atomic E-state index is 6.12. The smallest absolute Gasteiger partial charge is 0.0900 e. The van der Waals surface area contributed by atoms with Crippen LogP contribution in [0.1, 0.15) is 40.5 Å². The monoisotopic (exact) mass is 294 g/mol. The molecule has 2 nitrogen and oxygen atoms in total. The molecule has 0 bridgehead atoms. The van der Waals surface area contributed by atoms with Crippen molar-refractivity contribution in [3.8, 4) is 0 Å². The van der Waals surface area contributed by atoms with E-state index in [2.05, 4.69) is 37.1 Å². The molecule has 1 heterocycles. The molecule has 0 saturated heterocycles. The standard InChI is InChI=1S/C15H19ClN2S/c1-4-8-17-14(12-6-5-7-13(16)9-12)15-10(2)18-11(3)19-15/h5-7,9,14,17H,4,8H2,1-3H3. The first-order valence-corrected chi connectivity index (χ1v) is 7.74. The number of rotatable bonds is 5. The predicted octanol–water partition coefficient (Wildman–Crippen LogP) is 4.50. The van der Waals surface area contributed by atoms with Crippen LogP contribution in [0.2, 0.25) is 5.02 Å². The molecular weight excluding hydrogens is 276 g/mol. The second-order valence-electron chi connectivity index (χ2n) is 4.62. The quantitative estimate of drug-likeness (QED) is 0.878. The fourth-order valence-corrected chi connectivity index (χ4v) is 3.38. The molecule has 1 aromatic carbocycles. The first-order valence-electron chi connectivity index (χ1n) is 6.54. The van der Waals surface area contributed by atoms with Gasteiger partial charge in [0.25, 0.3) is 0 Å². The summed E-state index contributed by atoms with van der Waals surface area (Å²) in [4.78, 5) is 5.82. The minimum Gasteiger partial charge on any atom is -0.306 e. The molecule has 0 fully saturated rings. The Labute approximate surface area is 123 Å². The van der Waals surface area contributed by atoms with E-state index in [0.717, 1.165) is 28.7 Å². The van der Waals surface area contributed by atoms with E-state index in [1.807, 2.05) is 18.2 Å². The largest absolute Gasteiger partial charge is 0.306 e. The van der Waals surface area contributed by atoms with E-state index in [1.54, 1.807) is 11.3 Å². The number of halogens is 1. The predicted molar refractivity (Wildman–Crippen MR) is 83.2 cm³/mol. The summed E-state index contributed by atoms with van der Waals surface area (Å²) in [6, 6.07) is 8.25. The first-order chi connectivity index (χ1) is 9.11. The Morgan fingerprint density at radius 2 is 2.16 bits per heavy atom. The second kappa shape index (κ2) is 6.51. The fourth-order valence-electron chi connectivity index (χ4n) is 2.15. The SMILES string of the molecule is CCCNC(c1cccc(Cl)c1)c1sc(C)nc1C. The summed E-state index contributed by atoms with van der Waals surface area (Å²) in [5, 5.41) is 5.48. The van der Waals surface area contributed by atoms with E-state index in [0.29, 0.717) is 0 Å². The van der Waals surface area contributed by atoms with Crippen molar-refractivity contribution in [2.45, 2.75) is 33.2 Å². The van der Waals surface area contributed by atoms with E-state index in [9.17, 15) is 0 Å². The van der Waals surface area contributed by atoms with Crippen molar-refractivity contribution in [2.75, 3.05) is 6.54 Å². The van der Waals surface area contributed by atoms with Gasteiger partial charge in [-0.2, -0.15) is 0 Å². The van der Waals surface area contributed by atoms with Gasteiger partial charge in [-0.15, -0.1) is 11.3 Å². The number of thiazole rings is 1. The minimum absolute atomic E-state index is 0.185. The van der Waals surface area contributed by atoms with Crippen LogP contribution in [-0.2, 0) is 0 Å². The molecule has 102 valence electrons. The second-order valence-corrected chi connectivity index (χ2v) is 6.30. The van der Waals surface area contributed by atoms with Gasteiger partial charge in [0.2, 0.25) is 0 Å². The lowest BCUT2D eigenvalue weighted by atomic mass is 10.0. The molecule has 0 saturated carbocycles. The average molecular weight is 295 g/mol. The molecule has 1 unspecified atom stereocenters. The number of nitrogens with zero attached hydrogens (tertiary/aromatic N) is 1. The zero-order valence-corrected chi connectivity index (χ0v) is 13.1. The van der Waals surface area contributed by atoms with Crippen molar-refractivity contribution in [3.05, 3.63) is 50.4 Å². The summed E-state index contributed by atoms with van der Waals surface area (Å²) in [7, 11) is 0. The lowest BCUT2D eigenvalue weighted by Crippen LogP contribution is -2.23. The van der Waals surface area contributed by atoms with Crippen molar-refractivity contribution < 1.29 is 0 Å². The van der Waals surface area contributed by atoms with Crippen LogP contribution in [0.3, 0.4) is 0 Å². The molecule has 4 heteroatoms. The summed E-state index contributed by atoms with van der Waals surface area (Å²) in [5.41, 5.74) is 2.31.